The van der Waals surface area contributed by atoms with Gasteiger partial charge in [0, 0.05) is 17.5 Å². The van der Waals surface area contributed by atoms with Crippen LogP contribution in [0.15, 0.2) is 42.5 Å². The summed E-state index contributed by atoms with van der Waals surface area (Å²) in [5.41, 5.74) is -1.65. The van der Waals surface area contributed by atoms with Gasteiger partial charge in [0.2, 0.25) is 0 Å². The van der Waals surface area contributed by atoms with Crippen LogP contribution in [0.4, 0.5) is 17.6 Å². The van der Waals surface area contributed by atoms with Gasteiger partial charge in [0.15, 0.2) is 0 Å². The molecule has 1 fully saturated rings. The smallest absolute Gasteiger partial charge is 0.417 e. The third-order valence-corrected chi connectivity index (χ3v) is 3.99. The van der Waals surface area contributed by atoms with Crippen LogP contribution in [-0.2, 0) is 15.7 Å². The van der Waals surface area contributed by atoms with Crippen LogP contribution in [0.25, 0.3) is 11.1 Å². The van der Waals surface area contributed by atoms with E-state index in [-0.39, 0.29) is 23.3 Å². The Labute approximate surface area is 145 Å². The number of benzene rings is 2. The SMILES string of the molecule is O=C(N[C@H]1CCOC1=O)c1ccc(-c2ccccc2C(F)(F)F)c(F)c1. The molecule has 2 aromatic rings. The number of nitrogens with one attached hydrogen (secondary N) is 1. The lowest BCUT2D eigenvalue weighted by Crippen LogP contribution is -2.37. The normalized spacial score (nSPS) is 17.1. The second kappa shape index (κ2) is 6.78. The molecule has 1 N–H and O–H groups in total. The van der Waals surface area contributed by atoms with Gasteiger partial charge in [0.05, 0.1) is 12.2 Å². The average Bonchev–Trinajstić information content (AvgIpc) is 2.99. The molecular formula is C18H13F4NO3. The van der Waals surface area contributed by atoms with Crippen molar-refractivity contribution < 1.29 is 31.9 Å². The lowest BCUT2D eigenvalue weighted by atomic mass is 9.97. The summed E-state index contributed by atoms with van der Waals surface area (Å²) in [6, 6.07) is 6.97. The highest BCUT2D eigenvalue weighted by atomic mass is 19.4. The van der Waals surface area contributed by atoms with E-state index >= 15 is 0 Å². The number of hydrogen-bond acceptors (Lipinski definition) is 3. The van der Waals surface area contributed by atoms with Crippen LogP contribution in [0.1, 0.15) is 22.3 Å². The topological polar surface area (TPSA) is 55.4 Å². The molecule has 136 valence electrons. The van der Waals surface area contributed by atoms with Crippen LogP contribution in [0.2, 0.25) is 0 Å². The summed E-state index contributed by atoms with van der Waals surface area (Å²) in [6.45, 7) is 0.186. The maximum atomic E-state index is 14.4. The third-order valence-electron chi connectivity index (χ3n) is 3.99. The number of hydrogen-bond donors (Lipinski definition) is 1. The van der Waals surface area contributed by atoms with Crippen LogP contribution >= 0.6 is 0 Å². The maximum absolute atomic E-state index is 14.4. The summed E-state index contributed by atoms with van der Waals surface area (Å²) in [5.74, 6) is -2.25. The van der Waals surface area contributed by atoms with Gasteiger partial charge >= 0.3 is 12.1 Å². The summed E-state index contributed by atoms with van der Waals surface area (Å²) in [6.07, 6.45) is -4.33. The van der Waals surface area contributed by atoms with Crippen molar-refractivity contribution in [3.63, 3.8) is 0 Å². The molecule has 4 nitrogen and oxygen atoms in total. The van der Waals surface area contributed by atoms with Gasteiger partial charge in [-0.15, -0.1) is 0 Å². The highest BCUT2D eigenvalue weighted by Gasteiger charge is 2.34. The van der Waals surface area contributed by atoms with E-state index in [9.17, 15) is 27.2 Å². The standard InChI is InChI=1S/C18H13F4NO3/c19-14-9-10(16(24)23-15-7-8-26-17(15)25)5-6-12(14)11-3-1-2-4-13(11)18(20,21)22/h1-6,9,15H,7-8H2,(H,23,24)/t15-/m0/s1. The van der Waals surface area contributed by atoms with Crippen LogP contribution in [0.5, 0.6) is 0 Å². The highest BCUT2D eigenvalue weighted by molar-refractivity contribution is 5.97. The van der Waals surface area contributed by atoms with Crippen molar-refractivity contribution in [2.24, 2.45) is 0 Å². The van der Waals surface area contributed by atoms with Gasteiger partial charge in [-0.2, -0.15) is 13.2 Å². The molecule has 1 heterocycles. The fraction of sp³-hybridized carbons (Fsp3) is 0.222. The number of alkyl halides is 3. The van der Waals surface area contributed by atoms with Gasteiger partial charge in [-0.05, 0) is 23.8 Å². The van der Waals surface area contributed by atoms with Gasteiger partial charge in [0.25, 0.3) is 5.91 Å². The number of rotatable bonds is 3. The van der Waals surface area contributed by atoms with Crippen molar-refractivity contribution in [3.8, 4) is 11.1 Å². The lowest BCUT2D eigenvalue weighted by Gasteiger charge is -2.14. The number of cyclic esters (lactones) is 1. The second-order valence-corrected chi connectivity index (χ2v) is 5.72. The minimum absolute atomic E-state index is 0.101. The summed E-state index contributed by atoms with van der Waals surface area (Å²) >= 11 is 0. The summed E-state index contributed by atoms with van der Waals surface area (Å²) in [7, 11) is 0. The Balaban J connectivity index is 1.89. The van der Waals surface area contributed by atoms with E-state index in [1.807, 2.05) is 0 Å². The Morgan fingerprint density at radius 1 is 1.12 bits per heavy atom. The van der Waals surface area contributed by atoms with E-state index in [1.165, 1.54) is 18.2 Å². The molecule has 1 aliphatic rings. The van der Waals surface area contributed by atoms with Crippen molar-refractivity contribution in [3.05, 3.63) is 59.4 Å². The zero-order chi connectivity index (χ0) is 18.9. The molecule has 1 saturated heterocycles. The number of carbonyl (C=O) groups excluding carboxylic acids is 2. The predicted octanol–water partition coefficient (Wildman–Crippen LogP) is 3.56. The largest absolute Gasteiger partial charge is 0.464 e. The summed E-state index contributed by atoms with van der Waals surface area (Å²) < 4.78 is 58.4. The molecule has 1 atom stereocenters. The number of carbonyl (C=O) groups is 2. The fourth-order valence-electron chi connectivity index (χ4n) is 2.71. The zero-order valence-electron chi connectivity index (χ0n) is 13.3. The molecule has 0 unspecified atom stereocenters. The third kappa shape index (κ3) is 3.54. The first kappa shape index (κ1) is 17.9. The number of esters is 1. The van der Waals surface area contributed by atoms with Crippen molar-refractivity contribution in [2.45, 2.75) is 18.6 Å². The Kier molecular flexibility index (Phi) is 4.67. The minimum Gasteiger partial charge on any atom is -0.464 e. The molecule has 0 saturated carbocycles. The molecule has 0 spiro atoms. The monoisotopic (exact) mass is 367 g/mol. The van der Waals surface area contributed by atoms with Crippen LogP contribution in [0, 0.1) is 5.82 Å². The number of ether oxygens (including phenoxy) is 1. The van der Waals surface area contributed by atoms with E-state index in [0.717, 1.165) is 24.3 Å². The first-order valence-corrected chi connectivity index (χ1v) is 7.71. The molecular weight excluding hydrogens is 354 g/mol. The fourth-order valence-corrected chi connectivity index (χ4v) is 2.71. The van der Waals surface area contributed by atoms with Gasteiger partial charge in [-0.3, -0.25) is 4.79 Å². The van der Waals surface area contributed by atoms with E-state index < -0.39 is 35.5 Å². The van der Waals surface area contributed by atoms with E-state index in [4.69, 9.17) is 4.74 Å². The Hall–Kier alpha value is -2.90. The number of halogens is 4. The first-order valence-electron chi connectivity index (χ1n) is 7.71. The zero-order valence-corrected chi connectivity index (χ0v) is 13.3. The molecule has 0 aliphatic carbocycles. The van der Waals surface area contributed by atoms with Gasteiger partial charge in [-0.25, -0.2) is 9.18 Å². The van der Waals surface area contributed by atoms with E-state index in [0.29, 0.717) is 6.42 Å². The van der Waals surface area contributed by atoms with E-state index in [2.05, 4.69) is 5.32 Å². The van der Waals surface area contributed by atoms with Gasteiger partial charge < -0.3 is 10.1 Å². The summed E-state index contributed by atoms with van der Waals surface area (Å²) in [5, 5.41) is 2.41. The van der Waals surface area contributed by atoms with Crippen molar-refractivity contribution in [2.75, 3.05) is 6.61 Å². The quantitative estimate of drug-likeness (QED) is 0.667. The van der Waals surface area contributed by atoms with Crippen molar-refractivity contribution in [1.29, 1.82) is 0 Å². The van der Waals surface area contributed by atoms with Crippen LogP contribution < -0.4 is 5.32 Å². The molecule has 0 radical (unpaired) electrons. The highest BCUT2D eigenvalue weighted by Crippen LogP contribution is 2.37. The van der Waals surface area contributed by atoms with E-state index in [1.54, 1.807) is 0 Å². The van der Waals surface area contributed by atoms with Crippen LogP contribution in [0.3, 0.4) is 0 Å². The molecule has 0 aromatic heterocycles. The predicted molar refractivity (Wildman–Crippen MR) is 83.7 cm³/mol. The molecule has 3 rings (SSSR count). The molecule has 0 bridgehead atoms. The second-order valence-electron chi connectivity index (χ2n) is 5.72. The summed E-state index contributed by atoms with van der Waals surface area (Å²) in [4.78, 5) is 23.5. The van der Waals surface area contributed by atoms with Crippen molar-refractivity contribution in [1.82, 2.24) is 5.32 Å². The number of amides is 1. The van der Waals surface area contributed by atoms with Gasteiger partial charge in [-0.1, -0.05) is 24.3 Å². The molecule has 1 amide bonds. The van der Waals surface area contributed by atoms with Gasteiger partial charge in [0.1, 0.15) is 11.9 Å². The maximum Gasteiger partial charge on any atom is 0.417 e. The lowest BCUT2D eigenvalue weighted by molar-refractivity contribution is -0.139. The molecule has 8 heteroatoms. The van der Waals surface area contributed by atoms with Crippen molar-refractivity contribution >= 4 is 11.9 Å². The minimum atomic E-state index is -4.64. The Morgan fingerprint density at radius 3 is 2.46 bits per heavy atom. The average molecular weight is 367 g/mol. The van der Waals surface area contributed by atoms with Crippen LogP contribution in [-0.4, -0.2) is 24.5 Å². The first-order chi connectivity index (χ1) is 12.3. The molecule has 1 aliphatic heterocycles. The Morgan fingerprint density at radius 2 is 1.85 bits per heavy atom. The molecule has 2 aromatic carbocycles. The molecule has 26 heavy (non-hydrogen) atoms. The Bertz CT molecular complexity index is 864.